The fourth-order valence-corrected chi connectivity index (χ4v) is 2.28. The molecule has 88 valence electrons. The lowest BCUT2D eigenvalue weighted by molar-refractivity contribution is 0.332. The quantitative estimate of drug-likeness (QED) is 0.852. The highest BCUT2D eigenvalue weighted by atomic mass is 35.5. The Morgan fingerprint density at radius 1 is 1.62 bits per heavy atom. The third kappa shape index (κ3) is 1.97. The molecule has 0 aromatic heterocycles. The highest BCUT2D eigenvalue weighted by Gasteiger charge is 2.23. The molecule has 0 saturated heterocycles. The Labute approximate surface area is 100 Å². The zero-order chi connectivity index (χ0) is 11.7. The maximum atomic E-state index is 10.1. The molecule has 3 nitrogen and oxygen atoms in total. The summed E-state index contributed by atoms with van der Waals surface area (Å²) in [6.07, 6.45) is 1.49. The number of hydrogen-bond donors (Lipinski definition) is 2. The molecule has 1 heterocycles. The van der Waals surface area contributed by atoms with Crippen LogP contribution in [0, 0.1) is 5.92 Å². The summed E-state index contributed by atoms with van der Waals surface area (Å²) >= 11 is 6.15. The number of nitrogens with two attached hydrogens (primary N) is 1. The van der Waals surface area contributed by atoms with E-state index in [2.05, 4.69) is 0 Å². The van der Waals surface area contributed by atoms with Crippen LogP contribution in [-0.4, -0.2) is 18.3 Å². The van der Waals surface area contributed by atoms with Gasteiger partial charge in [-0.05, 0) is 30.5 Å². The summed E-state index contributed by atoms with van der Waals surface area (Å²) in [5.41, 5.74) is 7.32. The molecule has 0 bridgehead atoms. The molecule has 3 N–H and O–H groups in total. The van der Waals surface area contributed by atoms with Crippen molar-refractivity contribution < 1.29 is 9.84 Å². The van der Waals surface area contributed by atoms with Crippen molar-refractivity contribution in [3.63, 3.8) is 0 Å². The van der Waals surface area contributed by atoms with E-state index in [-0.39, 0.29) is 5.75 Å². The fraction of sp³-hybridized carbons (Fsp3) is 0.500. The van der Waals surface area contributed by atoms with Gasteiger partial charge < -0.3 is 15.6 Å². The van der Waals surface area contributed by atoms with Gasteiger partial charge >= 0.3 is 0 Å². The van der Waals surface area contributed by atoms with Gasteiger partial charge in [-0.2, -0.15) is 0 Å². The minimum atomic E-state index is 0.234. The third-order valence-corrected chi connectivity index (χ3v) is 3.29. The van der Waals surface area contributed by atoms with E-state index >= 15 is 0 Å². The van der Waals surface area contributed by atoms with Crippen molar-refractivity contribution >= 4 is 11.6 Å². The molecule has 1 aliphatic rings. The van der Waals surface area contributed by atoms with Crippen LogP contribution in [-0.2, 0) is 12.8 Å². The molecule has 1 aliphatic heterocycles. The summed E-state index contributed by atoms with van der Waals surface area (Å²) < 4.78 is 5.40. The lowest BCUT2D eigenvalue weighted by Gasteiger charge is -2.13. The number of ether oxygens (including phenoxy) is 1. The van der Waals surface area contributed by atoms with E-state index in [9.17, 15) is 5.11 Å². The standard InChI is InChI=1S/C12H16ClNO2/c1-7(6-14)4-8-5-10(13)9-2-3-16-12(9)11(8)15/h5,7,15H,2-4,6,14H2,1H3. The van der Waals surface area contributed by atoms with Crippen LogP contribution in [0.2, 0.25) is 5.02 Å². The van der Waals surface area contributed by atoms with Crippen LogP contribution in [0.25, 0.3) is 0 Å². The molecule has 0 radical (unpaired) electrons. The molecule has 0 aliphatic carbocycles. The normalized spacial score (nSPS) is 15.7. The summed E-state index contributed by atoms with van der Waals surface area (Å²) in [5.74, 6) is 1.12. The zero-order valence-electron chi connectivity index (χ0n) is 9.29. The number of fused-ring (bicyclic) bond motifs is 1. The van der Waals surface area contributed by atoms with Gasteiger partial charge in [0.05, 0.1) is 6.61 Å². The first-order valence-corrected chi connectivity index (χ1v) is 5.87. The number of rotatable bonds is 3. The number of phenols is 1. The van der Waals surface area contributed by atoms with Crippen molar-refractivity contribution in [2.24, 2.45) is 11.7 Å². The molecule has 4 heteroatoms. The number of phenolic OH excluding ortho intramolecular Hbond substituents is 1. The Bertz CT molecular complexity index is 406. The number of hydrogen-bond acceptors (Lipinski definition) is 3. The monoisotopic (exact) mass is 241 g/mol. The Morgan fingerprint density at radius 3 is 3.06 bits per heavy atom. The van der Waals surface area contributed by atoms with Crippen LogP contribution in [0.5, 0.6) is 11.5 Å². The van der Waals surface area contributed by atoms with Gasteiger partial charge in [-0.3, -0.25) is 0 Å². The van der Waals surface area contributed by atoms with Gasteiger partial charge in [0, 0.05) is 17.0 Å². The first-order chi connectivity index (χ1) is 7.63. The Morgan fingerprint density at radius 2 is 2.38 bits per heavy atom. The van der Waals surface area contributed by atoms with Gasteiger partial charge in [0.2, 0.25) is 0 Å². The third-order valence-electron chi connectivity index (χ3n) is 2.95. The summed E-state index contributed by atoms with van der Waals surface area (Å²) in [5, 5.41) is 10.7. The number of aromatic hydroxyl groups is 1. The summed E-state index contributed by atoms with van der Waals surface area (Å²) in [6, 6.07) is 1.83. The molecular weight excluding hydrogens is 226 g/mol. The second kappa shape index (κ2) is 4.52. The van der Waals surface area contributed by atoms with Crippen molar-refractivity contribution in [1.82, 2.24) is 0 Å². The van der Waals surface area contributed by atoms with Gasteiger partial charge in [0.25, 0.3) is 0 Å². The molecule has 2 rings (SSSR count). The second-order valence-corrected chi connectivity index (χ2v) is 4.72. The summed E-state index contributed by atoms with van der Waals surface area (Å²) in [6.45, 7) is 3.23. The van der Waals surface area contributed by atoms with E-state index < -0.39 is 0 Å². The van der Waals surface area contributed by atoms with Crippen molar-refractivity contribution in [2.45, 2.75) is 19.8 Å². The van der Waals surface area contributed by atoms with Crippen LogP contribution in [0.3, 0.4) is 0 Å². The minimum Gasteiger partial charge on any atom is -0.504 e. The molecule has 1 aromatic rings. The smallest absolute Gasteiger partial charge is 0.166 e. The van der Waals surface area contributed by atoms with Gasteiger partial charge in [-0.15, -0.1) is 0 Å². The van der Waals surface area contributed by atoms with Crippen LogP contribution in [0.15, 0.2) is 6.07 Å². The number of halogens is 1. The Balaban J connectivity index is 2.36. The van der Waals surface area contributed by atoms with Crippen molar-refractivity contribution in [3.8, 4) is 11.5 Å². The van der Waals surface area contributed by atoms with E-state index in [0.29, 0.717) is 29.8 Å². The minimum absolute atomic E-state index is 0.234. The van der Waals surface area contributed by atoms with E-state index in [1.54, 1.807) is 0 Å². The highest BCUT2D eigenvalue weighted by molar-refractivity contribution is 6.31. The lowest BCUT2D eigenvalue weighted by Crippen LogP contribution is -2.13. The van der Waals surface area contributed by atoms with E-state index in [1.165, 1.54) is 0 Å². The van der Waals surface area contributed by atoms with E-state index in [1.807, 2.05) is 13.0 Å². The van der Waals surface area contributed by atoms with Crippen LogP contribution < -0.4 is 10.5 Å². The average molecular weight is 242 g/mol. The van der Waals surface area contributed by atoms with Crippen LogP contribution >= 0.6 is 11.6 Å². The van der Waals surface area contributed by atoms with Crippen molar-refractivity contribution in [3.05, 3.63) is 22.2 Å². The fourth-order valence-electron chi connectivity index (χ4n) is 1.96. The summed E-state index contributed by atoms with van der Waals surface area (Å²) in [7, 11) is 0. The van der Waals surface area contributed by atoms with Crippen LogP contribution in [0.1, 0.15) is 18.1 Å². The van der Waals surface area contributed by atoms with E-state index in [4.69, 9.17) is 22.1 Å². The molecule has 0 amide bonds. The molecule has 1 aromatic carbocycles. The number of benzene rings is 1. The van der Waals surface area contributed by atoms with Crippen LogP contribution in [0.4, 0.5) is 0 Å². The van der Waals surface area contributed by atoms with Gasteiger partial charge in [-0.25, -0.2) is 0 Å². The Kier molecular flexibility index (Phi) is 3.26. The first-order valence-electron chi connectivity index (χ1n) is 5.49. The van der Waals surface area contributed by atoms with E-state index in [0.717, 1.165) is 24.0 Å². The zero-order valence-corrected chi connectivity index (χ0v) is 10.0. The van der Waals surface area contributed by atoms with Gasteiger partial charge in [0.1, 0.15) is 0 Å². The summed E-state index contributed by atoms with van der Waals surface area (Å²) in [4.78, 5) is 0. The van der Waals surface area contributed by atoms with Gasteiger partial charge in [0.15, 0.2) is 11.5 Å². The first kappa shape index (κ1) is 11.6. The van der Waals surface area contributed by atoms with Crippen molar-refractivity contribution in [1.29, 1.82) is 0 Å². The topological polar surface area (TPSA) is 55.5 Å². The predicted octanol–water partition coefficient (Wildman–Crippen LogP) is 2.12. The maximum absolute atomic E-state index is 10.1. The maximum Gasteiger partial charge on any atom is 0.166 e. The predicted molar refractivity (Wildman–Crippen MR) is 64.2 cm³/mol. The molecule has 0 saturated carbocycles. The lowest BCUT2D eigenvalue weighted by atomic mass is 9.98. The SMILES string of the molecule is CC(CN)Cc1cc(Cl)c2c(c1O)OCC2. The van der Waals surface area contributed by atoms with Crippen molar-refractivity contribution in [2.75, 3.05) is 13.2 Å². The Hall–Kier alpha value is -0.930. The molecule has 0 fully saturated rings. The highest BCUT2D eigenvalue weighted by Crippen LogP contribution is 2.42. The van der Waals surface area contributed by atoms with Gasteiger partial charge in [-0.1, -0.05) is 18.5 Å². The largest absolute Gasteiger partial charge is 0.504 e. The molecular formula is C12H16ClNO2. The average Bonchev–Trinajstić information content (AvgIpc) is 2.74. The second-order valence-electron chi connectivity index (χ2n) is 4.32. The molecule has 16 heavy (non-hydrogen) atoms. The molecule has 1 unspecified atom stereocenters. The molecule has 1 atom stereocenters. The molecule has 0 spiro atoms.